The van der Waals surface area contributed by atoms with Crippen LogP contribution in [0.5, 0.6) is 0 Å². The third-order valence-corrected chi connectivity index (χ3v) is 4.52. The van der Waals surface area contributed by atoms with Gasteiger partial charge in [0.2, 0.25) is 10.0 Å². The molecule has 1 aromatic rings. The first kappa shape index (κ1) is 15.6. The summed E-state index contributed by atoms with van der Waals surface area (Å²) in [7, 11) is -3.19. The molecule has 0 aliphatic carbocycles. The minimum absolute atomic E-state index is 0.165. The highest BCUT2D eigenvalue weighted by Gasteiger charge is 2.23. The van der Waals surface area contributed by atoms with Crippen molar-refractivity contribution in [3.05, 3.63) is 16.1 Å². The highest BCUT2D eigenvalue weighted by atomic mass is 32.2. The van der Waals surface area contributed by atoms with Crippen LogP contribution < -0.4 is 10.0 Å². The van der Waals surface area contributed by atoms with Gasteiger partial charge in [-0.2, -0.15) is 0 Å². The summed E-state index contributed by atoms with van der Waals surface area (Å²) < 4.78 is 25.1. The van der Waals surface area contributed by atoms with Crippen LogP contribution in [0, 0.1) is 6.92 Å². The summed E-state index contributed by atoms with van der Waals surface area (Å²) in [5.74, 6) is 0. The smallest absolute Gasteiger partial charge is 0.209 e. The highest BCUT2D eigenvalue weighted by Crippen LogP contribution is 2.21. The number of aryl methyl sites for hydroxylation is 1. The van der Waals surface area contributed by atoms with Gasteiger partial charge in [-0.05, 0) is 27.7 Å². The van der Waals surface area contributed by atoms with E-state index in [1.165, 1.54) is 11.1 Å². The molecule has 1 heterocycles. The largest absolute Gasteiger partial charge is 0.308 e. The van der Waals surface area contributed by atoms with Gasteiger partial charge in [0.25, 0.3) is 0 Å². The van der Waals surface area contributed by atoms with E-state index in [1.54, 1.807) is 11.3 Å². The molecule has 1 unspecified atom stereocenters. The quantitative estimate of drug-likeness (QED) is 0.832. The van der Waals surface area contributed by atoms with Crippen LogP contribution in [-0.2, 0) is 10.0 Å². The lowest BCUT2D eigenvalue weighted by atomic mass is 10.1. The molecule has 0 fully saturated rings. The average molecular weight is 291 g/mol. The maximum Gasteiger partial charge on any atom is 0.209 e. The molecule has 1 rings (SSSR count). The van der Waals surface area contributed by atoms with E-state index < -0.39 is 15.6 Å². The summed E-state index contributed by atoms with van der Waals surface area (Å²) >= 11 is 1.61. The van der Waals surface area contributed by atoms with Crippen molar-refractivity contribution in [3.63, 3.8) is 0 Å². The Labute approximate surface area is 113 Å². The lowest BCUT2D eigenvalue weighted by Gasteiger charge is -2.27. The molecule has 0 aliphatic heterocycles. The zero-order valence-electron chi connectivity index (χ0n) is 11.4. The maximum atomic E-state index is 11.2. The zero-order chi connectivity index (χ0) is 14.0. The Morgan fingerprint density at radius 2 is 2.11 bits per heavy atom. The summed E-state index contributed by atoms with van der Waals surface area (Å²) in [5, 5.41) is 3.33. The summed E-state index contributed by atoms with van der Waals surface area (Å²) in [6.07, 6.45) is 1.17. The minimum atomic E-state index is -3.19. The van der Waals surface area contributed by atoms with Crippen molar-refractivity contribution in [2.75, 3.05) is 12.8 Å². The summed E-state index contributed by atoms with van der Waals surface area (Å²) in [4.78, 5) is 5.39. The van der Waals surface area contributed by atoms with Gasteiger partial charge < -0.3 is 5.32 Å². The second-order valence-electron chi connectivity index (χ2n) is 5.16. The van der Waals surface area contributed by atoms with Crippen molar-refractivity contribution in [1.29, 1.82) is 0 Å². The van der Waals surface area contributed by atoms with E-state index >= 15 is 0 Å². The Kier molecular flexibility index (Phi) is 4.88. The number of hydrogen-bond acceptors (Lipinski definition) is 5. The molecule has 1 aromatic heterocycles. The Balaban J connectivity index is 2.57. The predicted molar refractivity (Wildman–Crippen MR) is 75.3 cm³/mol. The van der Waals surface area contributed by atoms with E-state index in [0.29, 0.717) is 6.54 Å². The number of aromatic nitrogens is 1. The molecule has 0 saturated carbocycles. The normalized spacial score (nSPS) is 14.7. The molecular formula is C11H21N3O2S2. The predicted octanol–water partition coefficient (Wildman–Crippen LogP) is 1.43. The maximum absolute atomic E-state index is 11.2. The van der Waals surface area contributed by atoms with E-state index in [2.05, 4.69) is 21.9 Å². The Hall–Kier alpha value is -0.500. The molecule has 0 bridgehead atoms. The van der Waals surface area contributed by atoms with Gasteiger partial charge in [-0.1, -0.05) is 0 Å². The Morgan fingerprint density at radius 3 is 2.56 bits per heavy atom. The van der Waals surface area contributed by atoms with Crippen LogP contribution in [0.3, 0.4) is 0 Å². The van der Waals surface area contributed by atoms with E-state index in [0.717, 1.165) is 5.69 Å². The van der Waals surface area contributed by atoms with Gasteiger partial charge in [0.1, 0.15) is 0 Å². The van der Waals surface area contributed by atoms with Crippen molar-refractivity contribution < 1.29 is 8.42 Å². The lowest BCUT2D eigenvalue weighted by molar-refractivity contribution is 0.400. The van der Waals surface area contributed by atoms with E-state index in [4.69, 9.17) is 0 Å². The summed E-state index contributed by atoms with van der Waals surface area (Å²) in [6.45, 7) is 8.29. The molecule has 1 atom stereocenters. The fourth-order valence-corrected chi connectivity index (χ4v) is 3.68. The van der Waals surface area contributed by atoms with Crippen molar-refractivity contribution in [2.24, 2.45) is 0 Å². The van der Waals surface area contributed by atoms with Crippen LogP contribution >= 0.6 is 11.3 Å². The zero-order valence-corrected chi connectivity index (χ0v) is 13.1. The van der Waals surface area contributed by atoms with Crippen molar-refractivity contribution in [3.8, 4) is 0 Å². The molecule has 0 aromatic carbocycles. The van der Waals surface area contributed by atoms with Gasteiger partial charge in [-0.3, -0.25) is 0 Å². The third kappa shape index (κ3) is 5.01. The van der Waals surface area contributed by atoms with E-state index in [1.807, 2.05) is 26.3 Å². The first-order chi connectivity index (χ1) is 8.11. The van der Waals surface area contributed by atoms with Crippen molar-refractivity contribution >= 4 is 21.4 Å². The van der Waals surface area contributed by atoms with Gasteiger partial charge in [0.05, 0.1) is 17.5 Å². The first-order valence-corrected chi connectivity index (χ1v) is 8.50. The highest BCUT2D eigenvalue weighted by molar-refractivity contribution is 7.88. The van der Waals surface area contributed by atoms with Gasteiger partial charge in [-0.15, -0.1) is 11.3 Å². The molecule has 0 radical (unpaired) electrons. The first-order valence-electron chi connectivity index (χ1n) is 5.73. The number of nitrogens with zero attached hydrogens (tertiary/aromatic N) is 1. The van der Waals surface area contributed by atoms with Crippen LogP contribution in [-0.4, -0.2) is 31.7 Å². The Morgan fingerprint density at radius 1 is 1.50 bits per heavy atom. The number of hydrogen-bond donors (Lipinski definition) is 2. The van der Waals surface area contributed by atoms with Crippen LogP contribution in [0.1, 0.15) is 37.4 Å². The van der Waals surface area contributed by atoms with Crippen molar-refractivity contribution in [2.45, 2.75) is 39.3 Å². The number of thiazole rings is 1. The topological polar surface area (TPSA) is 71.1 Å². The number of rotatable bonds is 6. The SMILES string of the molecule is Cc1ncsc1C(C)NCC(C)(C)NS(C)(=O)=O. The molecule has 0 saturated heterocycles. The van der Waals surface area contributed by atoms with Gasteiger partial charge in [0.15, 0.2) is 0 Å². The molecule has 5 nitrogen and oxygen atoms in total. The van der Waals surface area contributed by atoms with Gasteiger partial charge in [-0.25, -0.2) is 18.1 Å². The second kappa shape index (κ2) is 5.64. The summed E-state index contributed by atoms with van der Waals surface area (Å²) in [5.41, 5.74) is 2.33. The molecule has 2 N–H and O–H groups in total. The molecule has 0 spiro atoms. The molecule has 18 heavy (non-hydrogen) atoms. The van der Waals surface area contributed by atoms with Crippen LogP contribution in [0.25, 0.3) is 0 Å². The lowest BCUT2D eigenvalue weighted by Crippen LogP contribution is -2.50. The average Bonchev–Trinajstić information content (AvgIpc) is 2.57. The van der Waals surface area contributed by atoms with Crippen LogP contribution in [0.2, 0.25) is 0 Å². The van der Waals surface area contributed by atoms with Crippen LogP contribution in [0.15, 0.2) is 5.51 Å². The molecule has 104 valence electrons. The standard InChI is InChI=1S/C11H21N3O2S2/c1-8(10-9(2)13-7-17-10)12-6-11(3,4)14-18(5,15)16/h7-8,12,14H,6H2,1-5H3. The third-order valence-electron chi connectivity index (χ3n) is 2.49. The number of nitrogens with one attached hydrogen (secondary N) is 2. The monoisotopic (exact) mass is 291 g/mol. The molecular weight excluding hydrogens is 270 g/mol. The molecule has 7 heteroatoms. The second-order valence-corrected chi connectivity index (χ2v) is 7.80. The van der Waals surface area contributed by atoms with E-state index in [-0.39, 0.29) is 6.04 Å². The fourth-order valence-electron chi connectivity index (χ4n) is 1.77. The van der Waals surface area contributed by atoms with Crippen LogP contribution in [0.4, 0.5) is 0 Å². The van der Waals surface area contributed by atoms with Gasteiger partial charge in [0, 0.05) is 23.0 Å². The molecule has 0 amide bonds. The molecule has 0 aliphatic rings. The van der Waals surface area contributed by atoms with E-state index in [9.17, 15) is 8.42 Å². The minimum Gasteiger partial charge on any atom is -0.308 e. The van der Waals surface area contributed by atoms with Gasteiger partial charge >= 0.3 is 0 Å². The van der Waals surface area contributed by atoms with Crippen molar-refractivity contribution in [1.82, 2.24) is 15.0 Å². The Bertz CT molecular complexity index is 494. The fraction of sp³-hybridized carbons (Fsp3) is 0.727. The number of sulfonamides is 1. The summed E-state index contributed by atoms with van der Waals surface area (Å²) in [6, 6.07) is 0.165.